The van der Waals surface area contributed by atoms with Gasteiger partial charge in [-0.25, -0.2) is 0 Å². The Morgan fingerprint density at radius 3 is 3.00 bits per heavy atom. The zero-order chi connectivity index (χ0) is 18.3. The van der Waals surface area contributed by atoms with E-state index in [1.54, 1.807) is 0 Å². The summed E-state index contributed by atoms with van der Waals surface area (Å²) in [5.41, 5.74) is 1.60. The fourth-order valence-corrected chi connectivity index (χ4v) is 5.89. The van der Waals surface area contributed by atoms with Gasteiger partial charge in [0.1, 0.15) is 6.10 Å². The molecule has 0 spiro atoms. The van der Waals surface area contributed by atoms with Crippen molar-refractivity contribution in [2.45, 2.75) is 70.4 Å². The monoisotopic (exact) mass is 360 g/mol. The van der Waals surface area contributed by atoms with E-state index in [1.807, 2.05) is 0 Å². The Morgan fingerprint density at radius 2 is 2.15 bits per heavy atom. The second-order valence-corrected chi connectivity index (χ2v) is 9.15. The molecule has 0 bridgehead atoms. The molecule has 0 aromatic carbocycles. The molecular formula is C21H32N2O3. The van der Waals surface area contributed by atoms with E-state index < -0.39 is 0 Å². The first-order chi connectivity index (χ1) is 12.5. The molecule has 4 aliphatic rings. The SMILES string of the molecule is C=C1CCCC2(C)CC3OC(=O)C(CNC4CCCCNC4=O)C3CC12. The van der Waals surface area contributed by atoms with Gasteiger partial charge in [0.2, 0.25) is 5.91 Å². The highest BCUT2D eigenvalue weighted by Crippen LogP contribution is 2.56. The van der Waals surface area contributed by atoms with E-state index >= 15 is 0 Å². The highest BCUT2D eigenvalue weighted by atomic mass is 16.6. The third-order valence-corrected chi connectivity index (χ3v) is 7.44. The van der Waals surface area contributed by atoms with E-state index in [4.69, 9.17) is 4.74 Å². The fourth-order valence-electron chi connectivity index (χ4n) is 5.89. The molecule has 5 heteroatoms. The second-order valence-electron chi connectivity index (χ2n) is 9.15. The van der Waals surface area contributed by atoms with Crippen molar-refractivity contribution in [3.05, 3.63) is 12.2 Å². The van der Waals surface area contributed by atoms with Gasteiger partial charge in [-0.05, 0) is 62.7 Å². The number of allylic oxidation sites excluding steroid dienone is 1. The summed E-state index contributed by atoms with van der Waals surface area (Å²) in [5, 5.41) is 6.33. The van der Waals surface area contributed by atoms with Crippen molar-refractivity contribution < 1.29 is 14.3 Å². The Hall–Kier alpha value is -1.36. The largest absolute Gasteiger partial charge is 0.462 e. The number of carbonyl (C=O) groups excluding carboxylic acids is 2. The molecule has 2 N–H and O–H groups in total. The van der Waals surface area contributed by atoms with Gasteiger partial charge in [-0.1, -0.05) is 19.1 Å². The summed E-state index contributed by atoms with van der Waals surface area (Å²) < 4.78 is 5.81. The third kappa shape index (κ3) is 3.19. The van der Waals surface area contributed by atoms with Crippen LogP contribution in [0.2, 0.25) is 0 Å². The minimum atomic E-state index is -0.178. The van der Waals surface area contributed by atoms with Crippen molar-refractivity contribution in [3.8, 4) is 0 Å². The second kappa shape index (κ2) is 6.99. The van der Waals surface area contributed by atoms with Crippen molar-refractivity contribution in [1.29, 1.82) is 0 Å². The lowest BCUT2D eigenvalue weighted by atomic mass is 9.55. The Balaban J connectivity index is 1.44. The number of hydrogen-bond acceptors (Lipinski definition) is 4. The highest BCUT2D eigenvalue weighted by molar-refractivity contribution is 5.82. The van der Waals surface area contributed by atoms with Crippen LogP contribution in [0.15, 0.2) is 12.2 Å². The minimum Gasteiger partial charge on any atom is -0.462 e. The number of ether oxygens (including phenoxy) is 1. The van der Waals surface area contributed by atoms with Crippen LogP contribution < -0.4 is 10.6 Å². The molecule has 4 rings (SSSR count). The van der Waals surface area contributed by atoms with E-state index in [1.165, 1.54) is 18.4 Å². The molecule has 6 unspecified atom stereocenters. The Labute approximate surface area is 156 Å². The molecule has 0 radical (unpaired) electrons. The maximum atomic E-state index is 12.6. The van der Waals surface area contributed by atoms with Gasteiger partial charge in [0.15, 0.2) is 0 Å². The van der Waals surface area contributed by atoms with Gasteiger partial charge in [0.05, 0.1) is 12.0 Å². The fraction of sp³-hybridized carbons (Fsp3) is 0.810. The molecule has 26 heavy (non-hydrogen) atoms. The van der Waals surface area contributed by atoms with Gasteiger partial charge in [0.25, 0.3) is 0 Å². The summed E-state index contributed by atoms with van der Waals surface area (Å²) in [5.74, 6) is 0.638. The Bertz CT molecular complexity index is 604. The molecular weight excluding hydrogens is 328 g/mol. The average Bonchev–Trinajstić information content (AvgIpc) is 2.74. The van der Waals surface area contributed by atoms with Crippen molar-refractivity contribution in [3.63, 3.8) is 0 Å². The number of rotatable bonds is 3. The van der Waals surface area contributed by atoms with Crippen LogP contribution in [0.4, 0.5) is 0 Å². The first-order valence-electron chi connectivity index (χ1n) is 10.4. The molecule has 0 aromatic heterocycles. The molecule has 1 amide bonds. The summed E-state index contributed by atoms with van der Waals surface area (Å²) in [6.45, 7) is 8.01. The molecule has 6 atom stereocenters. The van der Waals surface area contributed by atoms with Crippen molar-refractivity contribution in [1.82, 2.24) is 10.6 Å². The van der Waals surface area contributed by atoms with Crippen LogP contribution in [0.25, 0.3) is 0 Å². The van der Waals surface area contributed by atoms with Crippen LogP contribution in [-0.4, -0.2) is 37.1 Å². The van der Waals surface area contributed by atoms with Gasteiger partial charge >= 0.3 is 5.97 Å². The first-order valence-corrected chi connectivity index (χ1v) is 10.4. The molecule has 4 fully saturated rings. The van der Waals surface area contributed by atoms with Crippen LogP contribution in [-0.2, 0) is 14.3 Å². The van der Waals surface area contributed by atoms with Crippen LogP contribution in [0.3, 0.4) is 0 Å². The van der Waals surface area contributed by atoms with E-state index in [-0.39, 0.29) is 41.3 Å². The van der Waals surface area contributed by atoms with Crippen molar-refractivity contribution in [2.75, 3.05) is 13.1 Å². The lowest BCUT2D eigenvalue weighted by Crippen LogP contribution is -2.48. The van der Waals surface area contributed by atoms with E-state index in [0.29, 0.717) is 12.5 Å². The van der Waals surface area contributed by atoms with Crippen LogP contribution in [0.5, 0.6) is 0 Å². The Morgan fingerprint density at radius 1 is 1.31 bits per heavy atom. The zero-order valence-electron chi connectivity index (χ0n) is 15.9. The third-order valence-electron chi connectivity index (χ3n) is 7.44. The zero-order valence-corrected chi connectivity index (χ0v) is 15.9. The van der Waals surface area contributed by atoms with Gasteiger partial charge in [-0.2, -0.15) is 0 Å². The lowest BCUT2D eigenvalue weighted by Gasteiger charge is -2.50. The number of fused-ring (bicyclic) bond motifs is 2. The van der Waals surface area contributed by atoms with Gasteiger partial charge in [-0.15, -0.1) is 0 Å². The number of esters is 1. The smallest absolute Gasteiger partial charge is 0.310 e. The normalized spacial score (nSPS) is 43.1. The molecule has 144 valence electrons. The van der Waals surface area contributed by atoms with Gasteiger partial charge < -0.3 is 15.4 Å². The highest BCUT2D eigenvalue weighted by Gasteiger charge is 2.55. The minimum absolute atomic E-state index is 0.0458. The van der Waals surface area contributed by atoms with Crippen LogP contribution >= 0.6 is 0 Å². The summed E-state index contributed by atoms with van der Waals surface area (Å²) in [7, 11) is 0. The molecule has 2 saturated carbocycles. The average molecular weight is 360 g/mol. The lowest BCUT2D eigenvalue weighted by molar-refractivity contribution is -0.146. The first kappa shape index (κ1) is 18.0. The van der Waals surface area contributed by atoms with E-state index in [9.17, 15) is 9.59 Å². The summed E-state index contributed by atoms with van der Waals surface area (Å²) in [6, 6.07) is -0.178. The number of hydrogen-bond donors (Lipinski definition) is 2. The standard InChI is InChI=1S/C21H32N2O3/c1-13-6-5-8-21(2)11-18-14(10-16(13)21)15(20(25)26-18)12-23-17-7-3-4-9-22-19(17)24/h14-18,23H,1,3-12H2,2H3,(H,22,24). The summed E-state index contributed by atoms with van der Waals surface area (Å²) in [4.78, 5) is 24.7. The van der Waals surface area contributed by atoms with Crippen LogP contribution in [0, 0.1) is 23.2 Å². The molecule has 2 aliphatic heterocycles. The van der Waals surface area contributed by atoms with Gasteiger partial charge in [-0.3, -0.25) is 9.59 Å². The number of amides is 1. The van der Waals surface area contributed by atoms with Gasteiger partial charge in [0, 0.05) is 19.0 Å². The molecule has 2 saturated heterocycles. The summed E-state index contributed by atoms with van der Waals surface area (Å²) >= 11 is 0. The predicted octanol–water partition coefficient (Wildman–Crippen LogP) is 2.56. The molecule has 2 aliphatic carbocycles. The van der Waals surface area contributed by atoms with Crippen molar-refractivity contribution >= 4 is 11.9 Å². The molecule has 2 heterocycles. The maximum absolute atomic E-state index is 12.6. The van der Waals surface area contributed by atoms with E-state index in [0.717, 1.165) is 45.1 Å². The molecule has 5 nitrogen and oxygen atoms in total. The summed E-state index contributed by atoms with van der Waals surface area (Å²) in [6.07, 6.45) is 8.48. The number of carbonyl (C=O) groups is 2. The van der Waals surface area contributed by atoms with E-state index in [2.05, 4.69) is 24.1 Å². The maximum Gasteiger partial charge on any atom is 0.310 e. The Kier molecular flexibility index (Phi) is 4.84. The topological polar surface area (TPSA) is 67.4 Å². The number of nitrogens with one attached hydrogen (secondary N) is 2. The molecule has 0 aromatic rings. The van der Waals surface area contributed by atoms with Crippen molar-refractivity contribution in [2.24, 2.45) is 23.2 Å². The quantitative estimate of drug-likeness (QED) is 0.600. The predicted molar refractivity (Wildman–Crippen MR) is 99.3 cm³/mol. The van der Waals surface area contributed by atoms with Crippen LogP contribution in [0.1, 0.15) is 58.3 Å².